The lowest BCUT2D eigenvalue weighted by molar-refractivity contribution is -0.131. The van der Waals surface area contributed by atoms with Crippen LogP contribution < -0.4 is 5.32 Å². The van der Waals surface area contributed by atoms with Gasteiger partial charge >= 0.3 is 0 Å². The molecule has 0 saturated carbocycles. The zero-order chi connectivity index (χ0) is 13.4. The smallest absolute Gasteiger partial charge is 0.226 e. The van der Waals surface area contributed by atoms with Gasteiger partial charge in [0, 0.05) is 6.04 Å². The highest BCUT2D eigenvalue weighted by molar-refractivity contribution is 7.91. The second-order valence-corrected chi connectivity index (χ2v) is 8.06. The molecule has 1 N–H and O–H groups in total. The number of sulfone groups is 1. The first kappa shape index (κ1) is 13.6. The van der Waals surface area contributed by atoms with E-state index in [1.54, 1.807) is 0 Å². The highest BCUT2D eigenvalue weighted by Crippen LogP contribution is 2.33. The van der Waals surface area contributed by atoms with Crippen LogP contribution >= 0.6 is 0 Å². The molecule has 4 nitrogen and oxygen atoms in total. The molecule has 0 aromatic carbocycles. The predicted molar refractivity (Wildman–Crippen MR) is 70.8 cm³/mol. The summed E-state index contributed by atoms with van der Waals surface area (Å²) in [5.41, 5.74) is -0.374. The van der Waals surface area contributed by atoms with Crippen molar-refractivity contribution >= 4 is 15.7 Å². The Hall–Kier alpha value is -0.840. The van der Waals surface area contributed by atoms with Gasteiger partial charge in [-0.05, 0) is 25.2 Å². The summed E-state index contributed by atoms with van der Waals surface area (Å²) >= 11 is 0. The van der Waals surface area contributed by atoms with Gasteiger partial charge in [-0.3, -0.25) is 4.79 Å². The summed E-state index contributed by atoms with van der Waals surface area (Å²) in [7, 11) is -2.97. The summed E-state index contributed by atoms with van der Waals surface area (Å²) in [6.07, 6.45) is 6.63. The van der Waals surface area contributed by atoms with E-state index >= 15 is 0 Å². The van der Waals surface area contributed by atoms with Crippen LogP contribution in [-0.4, -0.2) is 31.9 Å². The highest BCUT2D eigenvalue weighted by Gasteiger charge is 2.39. The van der Waals surface area contributed by atoms with Crippen molar-refractivity contribution in [2.24, 2.45) is 11.3 Å². The predicted octanol–water partition coefficient (Wildman–Crippen LogP) is 1.28. The third kappa shape index (κ3) is 2.76. The number of hydrogen-bond acceptors (Lipinski definition) is 3. The van der Waals surface area contributed by atoms with Crippen LogP contribution in [-0.2, 0) is 14.6 Å². The average molecular weight is 271 g/mol. The molecule has 0 bridgehead atoms. The van der Waals surface area contributed by atoms with Crippen molar-refractivity contribution in [1.82, 2.24) is 5.32 Å². The number of nitrogens with one attached hydrogen (secondary N) is 1. The van der Waals surface area contributed by atoms with E-state index in [0.717, 1.165) is 19.3 Å². The molecule has 1 fully saturated rings. The molecule has 3 atom stereocenters. The second kappa shape index (κ2) is 4.68. The topological polar surface area (TPSA) is 63.2 Å². The van der Waals surface area contributed by atoms with Gasteiger partial charge in [0.1, 0.15) is 0 Å². The van der Waals surface area contributed by atoms with Crippen LogP contribution in [0.25, 0.3) is 0 Å². The molecular formula is C13H21NO3S. The lowest BCUT2D eigenvalue weighted by Crippen LogP contribution is -2.47. The monoisotopic (exact) mass is 271 g/mol. The molecule has 1 aliphatic heterocycles. The van der Waals surface area contributed by atoms with Gasteiger partial charge in [0.2, 0.25) is 5.91 Å². The van der Waals surface area contributed by atoms with E-state index in [-0.39, 0.29) is 34.8 Å². The summed E-state index contributed by atoms with van der Waals surface area (Å²) in [5, 5.41) is 2.94. The van der Waals surface area contributed by atoms with Gasteiger partial charge in [0.05, 0.1) is 16.9 Å². The molecule has 1 amide bonds. The Kier molecular flexibility index (Phi) is 3.54. The molecule has 2 aliphatic rings. The van der Waals surface area contributed by atoms with Crippen LogP contribution in [0.4, 0.5) is 0 Å². The van der Waals surface area contributed by atoms with E-state index in [2.05, 4.69) is 11.4 Å². The SMILES string of the molecule is C[C@H]1CS(=O)(=O)C[C@H]1NC(=O)C1(C)CC=CCC1. The van der Waals surface area contributed by atoms with E-state index in [0.29, 0.717) is 0 Å². The average Bonchev–Trinajstić information content (AvgIpc) is 2.53. The van der Waals surface area contributed by atoms with Crippen molar-refractivity contribution in [3.8, 4) is 0 Å². The molecule has 5 heteroatoms. The molecule has 1 heterocycles. The lowest BCUT2D eigenvalue weighted by atomic mass is 9.78. The van der Waals surface area contributed by atoms with E-state index in [4.69, 9.17) is 0 Å². The van der Waals surface area contributed by atoms with Gasteiger partial charge in [-0.2, -0.15) is 0 Å². The van der Waals surface area contributed by atoms with Gasteiger partial charge in [-0.15, -0.1) is 0 Å². The zero-order valence-corrected chi connectivity index (χ0v) is 11.8. The maximum atomic E-state index is 12.3. The highest BCUT2D eigenvalue weighted by atomic mass is 32.2. The number of amides is 1. The number of carbonyl (C=O) groups excluding carboxylic acids is 1. The molecule has 102 valence electrons. The fourth-order valence-corrected chi connectivity index (χ4v) is 4.85. The molecule has 0 aromatic heterocycles. The molecule has 1 aliphatic carbocycles. The minimum absolute atomic E-state index is 0.000741. The Morgan fingerprint density at radius 2 is 2.06 bits per heavy atom. The molecule has 1 saturated heterocycles. The first-order chi connectivity index (χ1) is 8.32. The second-order valence-electron chi connectivity index (χ2n) is 5.91. The fraction of sp³-hybridized carbons (Fsp3) is 0.769. The van der Waals surface area contributed by atoms with Crippen molar-refractivity contribution in [2.45, 2.75) is 39.2 Å². The maximum absolute atomic E-state index is 12.3. The van der Waals surface area contributed by atoms with Crippen LogP contribution in [0.15, 0.2) is 12.2 Å². The number of hydrogen-bond donors (Lipinski definition) is 1. The number of rotatable bonds is 2. The Balaban J connectivity index is 2.02. The molecular weight excluding hydrogens is 250 g/mol. The van der Waals surface area contributed by atoms with Crippen molar-refractivity contribution in [3.05, 3.63) is 12.2 Å². The first-order valence-electron chi connectivity index (χ1n) is 6.49. The summed E-state index contributed by atoms with van der Waals surface area (Å²) < 4.78 is 23.1. The Labute approximate surface area is 109 Å². The van der Waals surface area contributed by atoms with E-state index in [1.165, 1.54) is 0 Å². The van der Waals surface area contributed by atoms with Gasteiger partial charge in [-0.1, -0.05) is 26.0 Å². The van der Waals surface area contributed by atoms with Crippen molar-refractivity contribution in [3.63, 3.8) is 0 Å². The largest absolute Gasteiger partial charge is 0.352 e. The molecule has 1 unspecified atom stereocenters. The molecule has 0 radical (unpaired) electrons. The Bertz CT molecular complexity index is 469. The van der Waals surface area contributed by atoms with Crippen LogP contribution in [0, 0.1) is 11.3 Å². The minimum Gasteiger partial charge on any atom is -0.352 e. The normalized spacial score (nSPS) is 38.6. The van der Waals surface area contributed by atoms with Gasteiger partial charge in [-0.25, -0.2) is 8.42 Å². The van der Waals surface area contributed by atoms with Crippen LogP contribution in [0.5, 0.6) is 0 Å². The Morgan fingerprint density at radius 1 is 1.33 bits per heavy atom. The van der Waals surface area contributed by atoms with Crippen molar-refractivity contribution < 1.29 is 13.2 Å². The van der Waals surface area contributed by atoms with Crippen LogP contribution in [0.1, 0.15) is 33.1 Å². The summed E-state index contributed by atoms with van der Waals surface area (Å²) in [6, 6.07) is -0.217. The Morgan fingerprint density at radius 3 is 2.56 bits per heavy atom. The quantitative estimate of drug-likeness (QED) is 0.770. The first-order valence-corrected chi connectivity index (χ1v) is 8.31. The number of allylic oxidation sites excluding steroid dienone is 2. The fourth-order valence-electron chi connectivity index (χ4n) is 2.72. The maximum Gasteiger partial charge on any atom is 0.226 e. The summed E-state index contributed by atoms with van der Waals surface area (Å²) in [4.78, 5) is 12.3. The van der Waals surface area contributed by atoms with Gasteiger partial charge in [0.25, 0.3) is 0 Å². The number of carbonyl (C=O) groups is 1. The third-order valence-corrected chi connectivity index (χ3v) is 6.00. The third-order valence-electron chi connectivity index (χ3n) is 4.10. The molecule has 0 aromatic rings. The van der Waals surface area contributed by atoms with Crippen LogP contribution in [0.3, 0.4) is 0 Å². The minimum atomic E-state index is -2.97. The molecule has 2 rings (SSSR count). The zero-order valence-electron chi connectivity index (χ0n) is 11.0. The van der Waals surface area contributed by atoms with E-state index < -0.39 is 9.84 Å². The lowest BCUT2D eigenvalue weighted by Gasteiger charge is -2.31. The molecule has 18 heavy (non-hydrogen) atoms. The van der Waals surface area contributed by atoms with Gasteiger partial charge in [0.15, 0.2) is 9.84 Å². The summed E-state index contributed by atoms with van der Waals surface area (Å²) in [5.74, 6) is 0.294. The molecule has 0 spiro atoms. The summed E-state index contributed by atoms with van der Waals surface area (Å²) in [6.45, 7) is 3.85. The van der Waals surface area contributed by atoms with Crippen molar-refractivity contribution in [1.29, 1.82) is 0 Å². The van der Waals surface area contributed by atoms with Gasteiger partial charge < -0.3 is 5.32 Å². The van der Waals surface area contributed by atoms with Crippen molar-refractivity contribution in [2.75, 3.05) is 11.5 Å². The van der Waals surface area contributed by atoms with E-state index in [9.17, 15) is 13.2 Å². The van der Waals surface area contributed by atoms with Crippen LogP contribution in [0.2, 0.25) is 0 Å². The standard InChI is InChI=1S/C13H21NO3S/c1-10-8-18(16,17)9-11(10)14-12(15)13(2)6-4-3-5-7-13/h3-4,10-11H,5-9H2,1-2H3,(H,14,15)/t10-,11+,13?/m0/s1. The van der Waals surface area contributed by atoms with E-state index in [1.807, 2.05) is 19.9 Å².